The summed E-state index contributed by atoms with van der Waals surface area (Å²) >= 11 is 1.43. The fraction of sp³-hybridized carbons (Fsp3) is 0.750. The lowest BCUT2D eigenvalue weighted by Crippen LogP contribution is -2.28. The van der Waals surface area contributed by atoms with Crippen molar-refractivity contribution in [2.24, 2.45) is 5.73 Å². The summed E-state index contributed by atoms with van der Waals surface area (Å²) in [6, 6.07) is 0. The molecular formula is C12H22N2O2S2. The van der Waals surface area contributed by atoms with E-state index in [4.69, 9.17) is 5.73 Å². The second-order valence-corrected chi connectivity index (χ2v) is 8.32. The summed E-state index contributed by atoms with van der Waals surface area (Å²) in [6.07, 6.45) is 1.42. The molecule has 0 radical (unpaired) electrons. The Labute approximate surface area is 114 Å². The minimum absolute atomic E-state index is 0.0363. The van der Waals surface area contributed by atoms with Gasteiger partial charge in [0, 0.05) is 10.4 Å². The molecular weight excluding hydrogens is 268 g/mol. The van der Waals surface area contributed by atoms with Crippen LogP contribution < -0.4 is 5.73 Å². The largest absolute Gasteiger partial charge is 0.321 e. The lowest BCUT2D eigenvalue weighted by atomic mass is 10.0. The Morgan fingerprint density at radius 1 is 1.33 bits per heavy atom. The van der Waals surface area contributed by atoms with Crippen LogP contribution in [0.3, 0.4) is 0 Å². The molecule has 0 atom stereocenters. The van der Waals surface area contributed by atoms with E-state index in [0.29, 0.717) is 11.4 Å². The minimum Gasteiger partial charge on any atom is -0.321 e. The van der Waals surface area contributed by atoms with Crippen LogP contribution in [0.15, 0.2) is 0 Å². The molecule has 1 aromatic rings. The molecule has 1 heterocycles. The quantitative estimate of drug-likeness (QED) is 0.872. The van der Waals surface area contributed by atoms with Gasteiger partial charge in [0.2, 0.25) is 0 Å². The summed E-state index contributed by atoms with van der Waals surface area (Å²) in [6.45, 7) is 7.72. The van der Waals surface area contributed by atoms with Crippen LogP contribution in [-0.2, 0) is 27.5 Å². The third-order valence-electron chi connectivity index (χ3n) is 2.52. The second-order valence-electron chi connectivity index (χ2n) is 5.05. The first-order valence-corrected chi connectivity index (χ1v) is 8.81. The zero-order valence-electron chi connectivity index (χ0n) is 11.5. The Bertz CT molecular complexity index is 499. The van der Waals surface area contributed by atoms with Crippen LogP contribution >= 0.6 is 11.3 Å². The molecule has 0 aliphatic rings. The highest BCUT2D eigenvalue weighted by molar-refractivity contribution is 7.90. The van der Waals surface area contributed by atoms with Crippen molar-refractivity contribution in [2.75, 3.05) is 5.75 Å². The van der Waals surface area contributed by atoms with Gasteiger partial charge >= 0.3 is 0 Å². The molecule has 18 heavy (non-hydrogen) atoms. The molecule has 104 valence electrons. The second kappa shape index (κ2) is 5.67. The maximum Gasteiger partial charge on any atom is 0.156 e. The lowest BCUT2D eigenvalue weighted by molar-refractivity contribution is 0.559. The van der Waals surface area contributed by atoms with Gasteiger partial charge in [0.05, 0.1) is 11.4 Å². The van der Waals surface area contributed by atoms with Gasteiger partial charge in [0.15, 0.2) is 9.84 Å². The molecule has 0 aliphatic heterocycles. The van der Waals surface area contributed by atoms with Crippen molar-refractivity contribution < 1.29 is 8.42 Å². The maximum atomic E-state index is 11.8. The molecule has 0 aromatic carbocycles. The zero-order chi connectivity index (χ0) is 14.0. The van der Waals surface area contributed by atoms with E-state index in [-0.39, 0.29) is 11.5 Å². The average molecular weight is 290 g/mol. The third-order valence-corrected chi connectivity index (χ3v) is 5.88. The number of aromatic nitrogens is 1. The average Bonchev–Trinajstić information content (AvgIpc) is 2.59. The van der Waals surface area contributed by atoms with E-state index in [9.17, 15) is 8.42 Å². The number of hydrogen-bond donors (Lipinski definition) is 1. The first-order chi connectivity index (χ1) is 8.19. The Hall–Kier alpha value is -0.460. The van der Waals surface area contributed by atoms with Gasteiger partial charge in [-0.05, 0) is 26.7 Å². The van der Waals surface area contributed by atoms with Gasteiger partial charge < -0.3 is 5.73 Å². The van der Waals surface area contributed by atoms with Crippen LogP contribution in [0.1, 0.15) is 49.7 Å². The van der Waals surface area contributed by atoms with E-state index in [1.54, 1.807) is 0 Å². The fourth-order valence-corrected chi connectivity index (χ4v) is 4.72. The molecule has 0 spiro atoms. The Morgan fingerprint density at radius 2 is 1.94 bits per heavy atom. The number of nitrogens with zero attached hydrogens (tertiary/aromatic N) is 1. The predicted molar refractivity (Wildman–Crippen MR) is 76.5 cm³/mol. The van der Waals surface area contributed by atoms with E-state index < -0.39 is 15.4 Å². The monoisotopic (exact) mass is 290 g/mol. The summed E-state index contributed by atoms with van der Waals surface area (Å²) in [4.78, 5) is 5.41. The van der Waals surface area contributed by atoms with Crippen LogP contribution in [0, 0.1) is 0 Å². The van der Waals surface area contributed by atoms with Gasteiger partial charge in [0.25, 0.3) is 0 Å². The third kappa shape index (κ3) is 4.03. The van der Waals surface area contributed by atoms with E-state index in [0.717, 1.165) is 17.0 Å². The Morgan fingerprint density at radius 3 is 2.33 bits per heavy atom. The summed E-state index contributed by atoms with van der Waals surface area (Å²) in [5.74, 6) is 0.254. The Balaban J connectivity index is 3.03. The minimum atomic E-state index is -3.03. The molecule has 1 rings (SSSR count). The standard InChI is InChI=1S/C12H22N2O2S2/c1-5-7-18(15,16)8-10-14-9(6-2)11(17-10)12(3,4)13/h5-8,13H2,1-4H3. The summed E-state index contributed by atoms with van der Waals surface area (Å²) in [5, 5.41) is 0.661. The summed E-state index contributed by atoms with van der Waals surface area (Å²) in [7, 11) is -3.03. The van der Waals surface area contributed by atoms with E-state index in [1.807, 2.05) is 27.7 Å². The van der Waals surface area contributed by atoms with Crippen LogP contribution in [0.25, 0.3) is 0 Å². The molecule has 6 heteroatoms. The van der Waals surface area contributed by atoms with Gasteiger partial charge in [-0.25, -0.2) is 13.4 Å². The smallest absolute Gasteiger partial charge is 0.156 e. The molecule has 0 unspecified atom stereocenters. The van der Waals surface area contributed by atoms with Gasteiger partial charge in [-0.1, -0.05) is 13.8 Å². The molecule has 0 bridgehead atoms. The van der Waals surface area contributed by atoms with Gasteiger partial charge in [-0.3, -0.25) is 0 Å². The van der Waals surface area contributed by atoms with Gasteiger partial charge in [-0.2, -0.15) is 0 Å². The van der Waals surface area contributed by atoms with Crippen molar-refractivity contribution in [3.05, 3.63) is 15.6 Å². The highest BCUT2D eigenvalue weighted by Gasteiger charge is 2.24. The van der Waals surface area contributed by atoms with E-state index in [1.165, 1.54) is 11.3 Å². The predicted octanol–water partition coefficient (Wildman–Crippen LogP) is 2.22. The van der Waals surface area contributed by atoms with Gasteiger partial charge in [-0.15, -0.1) is 11.3 Å². The van der Waals surface area contributed by atoms with Crippen molar-refractivity contribution in [3.8, 4) is 0 Å². The molecule has 4 nitrogen and oxygen atoms in total. The van der Waals surface area contributed by atoms with Crippen molar-refractivity contribution in [1.29, 1.82) is 0 Å². The summed E-state index contributed by atoms with van der Waals surface area (Å²) in [5.41, 5.74) is 6.55. The number of hydrogen-bond acceptors (Lipinski definition) is 5. The first kappa shape index (κ1) is 15.6. The lowest BCUT2D eigenvalue weighted by Gasteiger charge is -2.17. The van der Waals surface area contributed by atoms with Crippen LogP contribution in [-0.4, -0.2) is 19.2 Å². The summed E-state index contributed by atoms with van der Waals surface area (Å²) < 4.78 is 23.6. The first-order valence-electron chi connectivity index (χ1n) is 6.18. The van der Waals surface area contributed by atoms with Crippen molar-refractivity contribution in [3.63, 3.8) is 0 Å². The number of rotatable bonds is 6. The normalized spacial score (nSPS) is 12.9. The zero-order valence-corrected chi connectivity index (χ0v) is 13.1. The topological polar surface area (TPSA) is 73.0 Å². The molecule has 2 N–H and O–H groups in total. The van der Waals surface area contributed by atoms with Crippen LogP contribution in [0.2, 0.25) is 0 Å². The van der Waals surface area contributed by atoms with Crippen molar-refractivity contribution in [1.82, 2.24) is 4.98 Å². The highest BCUT2D eigenvalue weighted by atomic mass is 32.2. The van der Waals surface area contributed by atoms with Crippen molar-refractivity contribution in [2.45, 2.75) is 51.8 Å². The van der Waals surface area contributed by atoms with Crippen LogP contribution in [0.5, 0.6) is 0 Å². The maximum absolute atomic E-state index is 11.8. The molecule has 0 aliphatic carbocycles. The van der Waals surface area contributed by atoms with E-state index >= 15 is 0 Å². The number of aryl methyl sites for hydroxylation is 1. The van der Waals surface area contributed by atoms with Crippen LogP contribution in [0.4, 0.5) is 0 Å². The van der Waals surface area contributed by atoms with Gasteiger partial charge in [0.1, 0.15) is 10.8 Å². The molecule has 0 saturated heterocycles. The molecule has 0 saturated carbocycles. The number of nitrogens with two attached hydrogens (primary N) is 1. The molecule has 0 fully saturated rings. The van der Waals surface area contributed by atoms with Crippen molar-refractivity contribution >= 4 is 21.2 Å². The SMILES string of the molecule is CCCS(=O)(=O)Cc1nc(CC)c(C(C)(C)N)s1. The molecule has 0 amide bonds. The number of thiazole rings is 1. The highest BCUT2D eigenvalue weighted by Crippen LogP contribution is 2.29. The Kier molecular flexibility index (Phi) is 4.91. The van der Waals surface area contributed by atoms with E-state index in [2.05, 4.69) is 4.98 Å². The fourth-order valence-electron chi connectivity index (χ4n) is 1.78. The molecule has 1 aromatic heterocycles. The number of sulfone groups is 1.